The molecule has 2 aliphatic rings. The van der Waals surface area contributed by atoms with Crippen molar-refractivity contribution >= 4 is 30.0 Å². The summed E-state index contributed by atoms with van der Waals surface area (Å²) in [6, 6.07) is -2.71. The highest BCUT2D eigenvalue weighted by atomic mass is 16.4. The fourth-order valence-corrected chi connectivity index (χ4v) is 3.14. The summed E-state index contributed by atoms with van der Waals surface area (Å²) in [6.45, 7) is 0.344. The first-order valence-electron chi connectivity index (χ1n) is 8.17. The summed E-state index contributed by atoms with van der Waals surface area (Å²) < 4.78 is 0. The summed E-state index contributed by atoms with van der Waals surface area (Å²) in [5, 5.41) is 16.4. The molecular formula is C15H22N4O6. The number of carbonyl (C=O) groups excluding carboxylic acids is 4. The van der Waals surface area contributed by atoms with Crippen LogP contribution in [-0.2, 0) is 24.0 Å². The minimum absolute atomic E-state index is 0.193. The predicted molar refractivity (Wildman–Crippen MR) is 83.9 cm³/mol. The van der Waals surface area contributed by atoms with Gasteiger partial charge in [0, 0.05) is 13.0 Å². The fourth-order valence-electron chi connectivity index (χ4n) is 3.14. The summed E-state index contributed by atoms with van der Waals surface area (Å²) in [5.74, 6) is -2.48. The Labute approximate surface area is 144 Å². The van der Waals surface area contributed by atoms with Crippen molar-refractivity contribution in [2.24, 2.45) is 0 Å². The zero-order valence-corrected chi connectivity index (χ0v) is 13.9. The van der Waals surface area contributed by atoms with E-state index >= 15 is 0 Å². The summed E-state index contributed by atoms with van der Waals surface area (Å²) >= 11 is 0. The first-order chi connectivity index (χ1) is 11.9. The standard InChI is InChI=1S/C15H22N4O6/c1-16-10-4-5-12(21)18-6-2-3-11(19(18)15(10)25)14(24)17-9(8-20)7-13(22)23/h8-11,16H,2-7H2,1H3,(H,17,24)(H,22,23). The Morgan fingerprint density at radius 3 is 2.68 bits per heavy atom. The molecule has 0 spiro atoms. The Hall–Kier alpha value is -2.49. The van der Waals surface area contributed by atoms with Crippen LogP contribution in [0, 0.1) is 0 Å². The Bertz CT molecular complexity index is 580. The molecule has 2 fully saturated rings. The van der Waals surface area contributed by atoms with Crippen molar-refractivity contribution in [3.63, 3.8) is 0 Å². The molecular weight excluding hydrogens is 332 g/mol. The minimum Gasteiger partial charge on any atom is -0.481 e. The molecule has 3 atom stereocenters. The molecule has 0 saturated carbocycles. The Kier molecular flexibility index (Phi) is 6.07. The fraction of sp³-hybridized carbons (Fsp3) is 0.667. The number of nitrogens with zero attached hydrogens (tertiary/aromatic N) is 2. The van der Waals surface area contributed by atoms with Crippen LogP contribution in [0.25, 0.3) is 0 Å². The summed E-state index contributed by atoms with van der Waals surface area (Å²) in [6.07, 6.45) is 1.19. The van der Waals surface area contributed by atoms with Crippen molar-refractivity contribution in [3.05, 3.63) is 0 Å². The number of hydrazine groups is 1. The van der Waals surface area contributed by atoms with E-state index < -0.39 is 36.4 Å². The van der Waals surface area contributed by atoms with Crippen molar-refractivity contribution in [1.82, 2.24) is 20.7 Å². The van der Waals surface area contributed by atoms with Gasteiger partial charge in [0.25, 0.3) is 5.91 Å². The Balaban J connectivity index is 2.21. The quantitative estimate of drug-likeness (QED) is 0.482. The molecule has 0 aromatic heterocycles. The van der Waals surface area contributed by atoms with Gasteiger partial charge in [0.1, 0.15) is 12.3 Å². The maximum Gasteiger partial charge on any atom is 0.305 e. The Morgan fingerprint density at radius 2 is 2.08 bits per heavy atom. The van der Waals surface area contributed by atoms with Gasteiger partial charge in [0.2, 0.25) is 11.8 Å². The van der Waals surface area contributed by atoms with Gasteiger partial charge in [-0.05, 0) is 26.3 Å². The van der Waals surface area contributed by atoms with Crippen molar-refractivity contribution in [3.8, 4) is 0 Å². The molecule has 0 radical (unpaired) electrons. The lowest BCUT2D eigenvalue weighted by atomic mass is 10.1. The average molecular weight is 354 g/mol. The second-order valence-electron chi connectivity index (χ2n) is 6.09. The van der Waals surface area contributed by atoms with Crippen LogP contribution in [0.3, 0.4) is 0 Å². The molecule has 2 heterocycles. The largest absolute Gasteiger partial charge is 0.481 e. The number of likely N-dealkylation sites (N-methyl/N-ethyl adjacent to an activating group) is 1. The molecule has 3 N–H and O–H groups in total. The van der Waals surface area contributed by atoms with Crippen LogP contribution in [0.4, 0.5) is 0 Å². The van der Waals surface area contributed by atoms with Crippen LogP contribution in [0.15, 0.2) is 0 Å². The number of fused-ring (bicyclic) bond motifs is 1. The maximum atomic E-state index is 12.7. The zero-order valence-electron chi connectivity index (χ0n) is 13.9. The first kappa shape index (κ1) is 18.8. The number of aldehydes is 1. The van der Waals surface area contributed by atoms with Crippen molar-refractivity contribution in [2.75, 3.05) is 13.6 Å². The van der Waals surface area contributed by atoms with E-state index in [1.54, 1.807) is 7.05 Å². The normalized spacial score (nSPS) is 25.0. The highest BCUT2D eigenvalue weighted by Crippen LogP contribution is 2.24. The lowest BCUT2D eigenvalue weighted by molar-refractivity contribution is -0.176. The lowest BCUT2D eigenvalue weighted by Crippen LogP contribution is -2.64. The molecule has 2 saturated heterocycles. The van der Waals surface area contributed by atoms with Gasteiger partial charge in [-0.3, -0.25) is 24.2 Å². The van der Waals surface area contributed by atoms with Crippen LogP contribution >= 0.6 is 0 Å². The van der Waals surface area contributed by atoms with Crippen molar-refractivity contribution in [1.29, 1.82) is 0 Å². The third-order valence-electron chi connectivity index (χ3n) is 4.40. The number of amides is 3. The van der Waals surface area contributed by atoms with E-state index in [0.29, 0.717) is 32.1 Å². The van der Waals surface area contributed by atoms with E-state index in [-0.39, 0.29) is 18.2 Å². The number of carboxylic acid groups (broad SMARTS) is 1. The molecule has 0 aromatic rings. The third-order valence-corrected chi connectivity index (χ3v) is 4.40. The van der Waals surface area contributed by atoms with Gasteiger partial charge in [-0.15, -0.1) is 0 Å². The summed E-state index contributed by atoms with van der Waals surface area (Å²) in [5.41, 5.74) is 0. The molecule has 138 valence electrons. The highest BCUT2D eigenvalue weighted by Gasteiger charge is 2.44. The van der Waals surface area contributed by atoms with Gasteiger partial charge < -0.3 is 20.5 Å². The second-order valence-corrected chi connectivity index (χ2v) is 6.09. The first-order valence-corrected chi connectivity index (χ1v) is 8.17. The zero-order chi connectivity index (χ0) is 18.6. The Morgan fingerprint density at radius 1 is 1.36 bits per heavy atom. The average Bonchev–Trinajstić information content (AvgIpc) is 2.71. The number of aliphatic carboxylic acids is 1. The smallest absolute Gasteiger partial charge is 0.305 e. The van der Waals surface area contributed by atoms with Crippen LogP contribution in [0.1, 0.15) is 32.1 Å². The molecule has 25 heavy (non-hydrogen) atoms. The van der Waals surface area contributed by atoms with E-state index in [4.69, 9.17) is 5.11 Å². The molecule has 0 aromatic carbocycles. The number of hydrogen-bond acceptors (Lipinski definition) is 6. The number of carboxylic acids is 1. The van der Waals surface area contributed by atoms with E-state index in [1.807, 2.05) is 0 Å². The lowest BCUT2D eigenvalue weighted by Gasteiger charge is -2.43. The molecule has 10 nitrogen and oxygen atoms in total. The number of hydrogen-bond donors (Lipinski definition) is 3. The molecule has 10 heteroatoms. The van der Waals surface area contributed by atoms with E-state index in [1.165, 1.54) is 5.01 Å². The molecule has 3 amide bonds. The minimum atomic E-state index is -1.22. The highest BCUT2D eigenvalue weighted by molar-refractivity contribution is 5.94. The predicted octanol–water partition coefficient (Wildman–Crippen LogP) is -1.74. The number of carbonyl (C=O) groups is 5. The summed E-state index contributed by atoms with van der Waals surface area (Å²) in [4.78, 5) is 59.3. The van der Waals surface area contributed by atoms with E-state index in [9.17, 15) is 24.0 Å². The third kappa shape index (κ3) is 4.13. The van der Waals surface area contributed by atoms with Gasteiger partial charge in [0.15, 0.2) is 0 Å². The number of rotatable bonds is 6. The molecule has 3 unspecified atom stereocenters. The second kappa shape index (κ2) is 8.06. The molecule has 0 bridgehead atoms. The van der Waals surface area contributed by atoms with Crippen molar-refractivity contribution in [2.45, 2.75) is 50.2 Å². The molecule has 2 rings (SSSR count). The van der Waals surface area contributed by atoms with Gasteiger partial charge in [-0.2, -0.15) is 0 Å². The van der Waals surface area contributed by atoms with Crippen LogP contribution in [0.5, 0.6) is 0 Å². The maximum absolute atomic E-state index is 12.7. The SMILES string of the molecule is CNC1CCC(=O)N2CCCC(C(=O)NC(C=O)CC(=O)O)N2C1=O. The monoisotopic (exact) mass is 354 g/mol. The van der Waals surface area contributed by atoms with Gasteiger partial charge in [-0.25, -0.2) is 5.01 Å². The van der Waals surface area contributed by atoms with Crippen LogP contribution < -0.4 is 10.6 Å². The summed E-state index contributed by atoms with van der Waals surface area (Å²) in [7, 11) is 1.61. The van der Waals surface area contributed by atoms with Crippen molar-refractivity contribution < 1.29 is 29.1 Å². The van der Waals surface area contributed by atoms with Gasteiger partial charge in [-0.1, -0.05) is 0 Å². The topological polar surface area (TPSA) is 136 Å². The van der Waals surface area contributed by atoms with Crippen LogP contribution in [0.2, 0.25) is 0 Å². The van der Waals surface area contributed by atoms with Gasteiger partial charge >= 0.3 is 5.97 Å². The van der Waals surface area contributed by atoms with Crippen LogP contribution in [-0.4, -0.2) is 76.8 Å². The van der Waals surface area contributed by atoms with Gasteiger partial charge in [0.05, 0.1) is 18.5 Å². The number of nitrogens with one attached hydrogen (secondary N) is 2. The van der Waals surface area contributed by atoms with E-state index in [2.05, 4.69) is 10.6 Å². The van der Waals surface area contributed by atoms with E-state index in [0.717, 1.165) is 5.01 Å². The molecule has 0 aliphatic carbocycles. The molecule has 2 aliphatic heterocycles.